The van der Waals surface area contributed by atoms with Crippen LogP contribution >= 0.6 is 11.8 Å². The van der Waals surface area contributed by atoms with Crippen LogP contribution in [0.2, 0.25) is 0 Å². The van der Waals surface area contributed by atoms with Gasteiger partial charge in [-0.05, 0) is 31.4 Å². The van der Waals surface area contributed by atoms with Gasteiger partial charge in [0.05, 0.1) is 31.2 Å². The molecule has 1 unspecified atom stereocenters. The van der Waals surface area contributed by atoms with E-state index in [0.29, 0.717) is 30.6 Å². The van der Waals surface area contributed by atoms with Gasteiger partial charge in [-0.15, -0.1) is 0 Å². The summed E-state index contributed by atoms with van der Waals surface area (Å²) in [6.45, 7) is 7.49. The van der Waals surface area contributed by atoms with Gasteiger partial charge < -0.3 is 19.9 Å². The molecule has 2 fully saturated rings. The van der Waals surface area contributed by atoms with Gasteiger partial charge in [-0.1, -0.05) is 31.7 Å². The lowest BCUT2D eigenvalue weighted by atomic mass is 10.1. The van der Waals surface area contributed by atoms with Crippen LogP contribution in [0, 0.1) is 5.92 Å². The van der Waals surface area contributed by atoms with Crippen LogP contribution in [0.25, 0.3) is 11.0 Å². The third-order valence-electron chi connectivity index (χ3n) is 6.94. The lowest BCUT2D eigenvalue weighted by Gasteiger charge is -2.28. The summed E-state index contributed by atoms with van der Waals surface area (Å²) in [5.41, 5.74) is 1.53. The van der Waals surface area contributed by atoms with Crippen LogP contribution in [-0.2, 0) is 16.1 Å². The van der Waals surface area contributed by atoms with Crippen molar-refractivity contribution in [3.8, 4) is 5.75 Å². The van der Waals surface area contributed by atoms with Crippen LogP contribution in [0.3, 0.4) is 0 Å². The lowest BCUT2D eigenvalue weighted by Crippen LogP contribution is -2.35. The zero-order chi connectivity index (χ0) is 26.6. The number of nitrogens with zero attached hydrogens (tertiary/aromatic N) is 6. The number of anilines is 2. The summed E-state index contributed by atoms with van der Waals surface area (Å²) in [7, 11) is 1.59. The second kappa shape index (κ2) is 11.6. The van der Waals surface area contributed by atoms with E-state index >= 15 is 0 Å². The quantitative estimate of drug-likeness (QED) is 0.327. The predicted octanol–water partition coefficient (Wildman–Crippen LogP) is 3.50. The first-order chi connectivity index (χ1) is 18.4. The van der Waals surface area contributed by atoms with Crippen LogP contribution in [0.5, 0.6) is 5.75 Å². The summed E-state index contributed by atoms with van der Waals surface area (Å²) < 4.78 is 7.12. The maximum atomic E-state index is 12.9. The van der Waals surface area contributed by atoms with Crippen LogP contribution in [0.1, 0.15) is 39.5 Å². The van der Waals surface area contributed by atoms with Gasteiger partial charge in [-0.2, -0.15) is 5.10 Å². The van der Waals surface area contributed by atoms with Gasteiger partial charge in [0.25, 0.3) is 0 Å². The summed E-state index contributed by atoms with van der Waals surface area (Å²) in [5, 5.41) is 9.66. The van der Waals surface area contributed by atoms with Crippen molar-refractivity contribution in [3.05, 3.63) is 30.5 Å². The van der Waals surface area contributed by atoms with E-state index in [4.69, 9.17) is 14.7 Å². The minimum absolute atomic E-state index is 0.0615. The van der Waals surface area contributed by atoms with Crippen LogP contribution in [0.15, 0.2) is 35.6 Å². The Labute approximate surface area is 227 Å². The van der Waals surface area contributed by atoms with Crippen molar-refractivity contribution in [3.63, 3.8) is 0 Å². The molecule has 2 aliphatic heterocycles. The second-order valence-corrected chi connectivity index (χ2v) is 11.6. The Morgan fingerprint density at radius 1 is 1.21 bits per heavy atom. The van der Waals surface area contributed by atoms with E-state index in [0.717, 1.165) is 53.6 Å². The molecule has 11 heteroatoms. The number of benzene rings is 1. The number of fused-ring (bicyclic) bond motifs is 1. The average Bonchev–Trinajstić information content (AvgIpc) is 3.52. The van der Waals surface area contributed by atoms with Gasteiger partial charge in [0.15, 0.2) is 10.8 Å². The molecular weight excluding hydrogens is 502 g/mol. The standard InChI is InChI=1S/C27H35N7O3S/c1-18(2)38-27-30-24(32-11-5-4-6-12-32)22-16-29-34(25(22)31-27)13-10-28-26(36)19-14-23(35)33(17-19)20-8-7-9-21(15-20)37-3/h7-9,15-16,18-19H,4-6,10-14,17H2,1-3H3,(H,28,36). The minimum atomic E-state index is -0.398. The highest BCUT2D eigenvalue weighted by Gasteiger charge is 2.35. The molecule has 2 aliphatic rings. The number of thioether (sulfide) groups is 1. The van der Waals surface area contributed by atoms with Crippen molar-refractivity contribution < 1.29 is 14.3 Å². The normalized spacial score (nSPS) is 18.0. The third kappa shape index (κ3) is 5.72. The number of nitrogens with one attached hydrogen (secondary N) is 1. The molecule has 5 rings (SSSR count). The Morgan fingerprint density at radius 2 is 2.03 bits per heavy atom. The molecule has 1 aromatic carbocycles. The van der Waals surface area contributed by atoms with E-state index in [-0.39, 0.29) is 18.2 Å². The number of hydrogen-bond acceptors (Lipinski definition) is 8. The van der Waals surface area contributed by atoms with Crippen molar-refractivity contribution >= 4 is 46.1 Å². The van der Waals surface area contributed by atoms with Gasteiger partial charge in [0.2, 0.25) is 11.8 Å². The number of carbonyl (C=O) groups excluding carboxylic acids is 2. The maximum absolute atomic E-state index is 12.9. The zero-order valence-corrected chi connectivity index (χ0v) is 23.0. The fraction of sp³-hybridized carbons (Fsp3) is 0.519. The average molecular weight is 538 g/mol. The van der Waals surface area contributed by atoms with Crippen molar-refractivity contribution in [1.82, 2.24) is 25.1 Å². The molecule has 202 valence electrons. The first-order valence-corrected chi connectivity index (χ1v) is 14.2. The number of piperidine rings is 1. The first-order valence-electron chi connectivity index (χ1n) is 13.3. The topological polar surface area (TPSA) is 105 Å². The van der Waals surface area contributed by atoms with Crippen molar-refractivity contribution in [2.75, 3.05) is 43.1 Å². The molecule has 2 saturated heterocycles. The van der Waals surface area contributed by atoms with Crippen molar-refractivity contribution in [2.24, 2.45) is 5.92 Å². The van der Waals surface area contributed by atoms with E-state index in [1.165, 1.54) is 6.42 Å². The number of methoxy groups -OCH3 is 1. The van der Waals surface area contributed by atoms with Crippen LogP contribution < -0.4 is 19.9 Å². The zero-order valence-electron chi connectivity index (χ0n) is 22.2. The molecule has 1 N–H and O–H groups in total. The number of aromatic nitrogens is 4. The van der Waals surface area contributed by atoms with Gasteiger partial charge in [-0.25, -0.2) is 14.6 Å². The number of hydrogen-bond donors (Lipinski definition) is 1. The molecule has 2 aromatic heterocycles. The minimum Gasteiger partial charge on any atom is -0.497 e. The molecule has 0 spiro atoms. The van der Waals surface area contributed by atoms with Crippen LogP contribution in [0.4, 0.5) is 11.5 Å². The fourth-order valence-corrected chi connectivity index (χ4v) is 5.74. The van der Waals surface area contributed by atoms with E-state index in [2.05, 4.69) is 29.2 Å². The van der Waals surface area contributed by atoms with Crippen LogP contribution in [-0.4, -0.2) is 70.1 Å². The smallest absolute Gasteiger partial charge is 0.227 e. The predicted molar refractivity (Wildman–Crippen MR) is 149 cm³/mol. The summed E-state index contributed by atoms with van der Waals surface area (Å²) in [5.74, 6) is 1.05. The largest absolute Gasteiger partial charge is 0.497 e. The summed E-state index contributed by atoms with van der Waals surface area (Å²) in [6, 6.07) is 7.34. The lowest BCUT2D eigenvalue weighted by molar-refractivity contribution is -0.126. The Kier molecular flexibility index (Phi) is 8.01. The monoisotopic (exact) mass is 537 g/mol. The molecule has 10 nitrogen and oxygen atoms in total. The molecule has 3 aromatic rings. The Bertz CT molecular complexity index is 1310. The van der Waals surface area contributed by atoms with E-state index in [1.807, 2.05) is 35.1 Å². The molecule has 4 heterocycles. The number of rotatable bonds is 9. The van der Waals surface area contributed by atoms with Gasteiger partial charge in [0.1, 0.15) is 11.6 Å². The number of ether oxygens (including phenoxy) is 1. The molecule has 0 bridgehead atoms. The second-order valence-electron chi connectivity index (χ2n) is 10.0. The SMILES string of the molecule is COc1cccc(N2CC(C(=O)NCCn3ncc4c(N5CCCCC5)nc(SC(C)C)nc43)CC2=O)c1. The number of amides is 2. The molecule has 0 aliphatic carbocycles. The molecule has 1 atom stereocenters. The van der Waals surface area contributed by atoms with Crippen molar-refractivity contribution in [1.29, 1.82) is 0 Å². The Hall–Kier alpha value is -3.34. The summed E-state index contributed by atoms with van der Waals surface area (Å²) in [4.78, 5) is 39.3. The highest BCUT2D eigenvalue weighted by Crippen LogP contribution is 2.31. The molecule has 0 radical (unpaired) electrons. The third-order valence-corrected chi connectivity index (χ3v) is 7.80. The highest BCUT2D eigenvalue weighted by atomic mass is 32.2. The summed E-state index contributed by atoms with van der Waals surface area (Å²) in [6.07, 6.45) is 5.61. The highest BCUT2D eigenvalue weighted by molar-refractivity contribution is 7.99. The van der Waals surface area contributed by atoms with Gasteiger partial charge >= 0.3 is 0 Å². The summed E-state index contributed by atoms with van der Waals surface area (Å²) >= 11 is 1.65. The van der Waals surface area contributed by atoms with E-state index in [9.17, 15) is 9.59 Å². The number of carbonyl (C=O) groups is 2. The molecule has 38 heavy (non-hydrogen) atoms. The molecule has 2 amide bonds. The van der Waals surface area contributed by atoms with Crippen molar-refractivity contribution in [2.45, 2.75) is 56.5 Å². The van der Waals surface area contributed by atoms with E-state index in [1.54, 1.807) is 23.8 Å². The molecule has 0 saturated carbocycles. The van der Waals surface area contributed by atoms with E-state index < -0.39 is 5.92 Å². The Morgan fingerprint density at radius 3 is 2.79 bits per heavy atom. The maximum Gasteiger partial charge on any atom is 0.227 e. The fourth-order valence-electron chi connectivity index (χ4n) is 5.04. The molecular formula is C27H35N7O3S. The van der Waals surface area contributed by atoms with Gasteiger partial charge in [0, 0.05) is 49.6 Å². The first kappa shape index (κ1) is 26.3. The van der Waals surface area contributed by atoms with Gasteiger partial charge in [-0.3, -0.25) is 9.59 Å². The Balaban J connectivity index is 1.25.